The molecule has 4 heteroatoms. The average molecular weight is 306 g/mol. The van der Waals surface area contributed by atoms with Crippen LogP contribution in [0, 0.1) is 0 Å². The molecule has 0 saturated carbocycles. The van der Waals surface area contributed by atoms with Gasteiger partial charge in [-0.1, -0.05) is 30.3 Å². The number of ether oxygens (including phenoxy) is 1. The molecule has 116 valence electrons. The molecule has 23 heavy (non-hydrogen) atoms. The van der Waals surface area contributed by atoms with E-state index >= 15 is 0 Å². The molecule has 0 aliphatic rings. The summed E-state index contributed by atoms with van der Waals surface area (Å²) in [5, 5.41) is 4.04. The highest BCUT2D eigenvalue weighted by molar-refractivity contribution is 5.83. The number of para-hydroxylation sites is 1. The molecule has 1 N–H and O–H groups in total. The number of aromatic nitrogens is 1. The van der Waals surface area contributed by atoms with Crippen molar-refractivity contribution >= 4 is 16.8 Å². The van der Waals surface area contributed by atoms with Gasteiger partial charge in [0.15, 0.2) is 0 Å². The largest absolute Gasteiger partial charge is 0.497 e. The zero-order valence-electron chi connectivity index (χ0n) is 13.0. The Balaban J connectivity index is 1.66. The summed E-state index contributed by atoms with van der Waals surface area (Å²) in [4.78, 5) is 16.5. The lowest BCUT2D eigenvalue weighted by atomic mass is 10.1. The molecule has 0 radical (unpaired) electrons. The molecule has 1 aromatic heterocycles. The number of pyridine rings is 1. The number of benzene rings is 2. The lowest BCUT2D eigenvalue weighted by molar-refractivity contribution is -0.120. The predicted molar refractivity (Wildman–Crippen MR) is 90.3 cm³/mol. The first-order valence-electron chi connectivity index (χ1n) is 7.48. The second kappa shape index (κ2) is 6.92. The number of methoxy groups -OCH3 is 1. The number of nitrogens with one attached hydrogen (secondary N) is 1. The van der Waals surface area contributed by atoms with E-state index in [0.29, 0.717) is 13.0 Å². The van der Waals surface area contributed by atoms with Crippen molar-refractivity contribution in [3.8, 4) is 5.75 Å². The van der Waals surface area contributed by atoms with Crippen LogP contribution in [0.4, 0.5) is 0 Å². The van der Waals surface area contributed by atoms with Gasteiger partial charge < -0.3 is 10.1 Å². The van der Waals surface area contributed by atoms with E-state index in [1.54, 1.807) is 13.3 Å². The Bertz CT molecular complexity index is 825. The first-order valence-corrected chi connectivity index (χ1v) is 7.48. The molecule has 0 saturated heterocycles. The molecular weight excluding hydrogens is 288 g/mol. The van der Waals surface area contributed by atoms with Crippen LogP contribution in [0.1, 0.15) is 11.1 Å². The molecule has 0 bridgehead atoms. The van der Waals surface area contributed by atoms with Gasteiger partial charge in [-0.25, -0.2) is 0 Å². The van der Waals surface area contributed by atoms with Gasteiger partial charge in [-0.05, 0) is 35.4 Å². The van der Waals surface area contributed by atoms with Crippen LogP contribution >= 0.6 is 0 Å². The zero-order chi connectivity index (χ0) is 16.1. The Labute approximate surface area is 135 Å². The third-order valence-electron chi connectivity index (χ3n) is 3.71. The Kier molecular flexibility index (Phi) is 4.52. The van der Waals surface area contributed by atoms with Crippen LogP contribution in [0.15, 0.2) is 60.8 Å². The normalized spacial score (nSPS) is 10.5. The van der Waals surface area contributed by atoms with Gasteiger partial charge in [-0.15, -0.1) is 0 Å². The van der Waals surface area contributed by atoms with Crippen LogP contribution in [-0.4, -0.2) is 18.0 Å². The van der Waals surface area contributed by atoms with Gasteiger partial charge in [0.1, 0.15) is 5.75 Å². The lowest BCUT2D eigenvalue weighted by Gasteiger charge is -2.09. The van der Waals surface area contributed by atoms with Crippen molar-refractivity contribution in [3.05, 3.63) is 71.9 Å². The average Bonchev–Trinajstić information content (AvgIpc) is 2.60. The van der Waals surface area contributed by atoms with Gasteiger partial charge in [0.25, 0.3) is 0 Å². The topological polar surface area (TPSA) is 51.2 Å². The van der Waals surface area contributed by atoms with E-state index in [1.807, 2.05) is 54.6 Å². The fraction of sp³-hybridized carbons (Fsp3) is 0.158. The highest BCUT2D eigenvalue weighted by atomic mass is 16.5. The third kappa shape index (κ3) is 3.66. The van der Waals surface area contributed by atoms with Crippen LogP contribution in [0.5, 0.6) is 5.75 Å². The van der Waals surface area contributed by atoms with Gasteiger partial charge in [-0.2, -0.15) is 0 Å². The summed E-state index contributed by atoms with van der Waals surface area (Å²) >= 11 is 0. The van der Waals surface area contributed by atoms with Gasteiger partial charge >= 0.3 is 0 Å². The maximum atomic E-state index is 12.2. The molecule has 2 aromatic carbocycles. The van der Waals surface area contributed by atoms with Crippen molar-refractivity contribution in [1.29, 1.82) is 0 Å². The number of fused-ring (bicyclic) bond motifs is 1. The Morgan fingerprint density at radius 2 is 2.00 bits per heavy atom. The molecule has 1 heterocycles. The molecule has 0 spiro atoms. The zero-order valence-corrected chi connectivity index (χ0v) is 13.0. The predicted octanol–water partition coefficient (Wildman–Crippen LogP) is 3.10. The second-order valence-corrected chi connectivity index (χ2v) is 5.29. The standard InChI is InChI=1S/C19H18N2O2/c1-23-16-6-4-5-14(11-16)12-19(22)21-13-15-9-10-20-18-8-3-2-7-17(15)18/h2-11H,12-13H2,1H3,(H,21,22). The minimum absolute atomic E-state index is 0.0147. The molecule has 0 atom stereocenters. The monoisotopic (exact) mass is 306 g/mol. The second-order valence-electron chi connectivity index (χ2n) is 5.29. The number of carbonyl (C=O) groups is 1. The first-order chi connectivity index (χ1) is 11.3. The van der Waals surface area contributed by atoms with Crippen LogP contribution in [0.2, 0.25) is 0 Å². The highest BCUT2D eigenvalue weighted by Crippen LogP contribution is 2.16. The van der Waals surface area contributed by atoms with Crippen LogP contribution in [0.25, 0.3) is 10.9 Å². The van der Waals surface area contributed by atoms with Gasteiger partial charge in [0, 0.05) is 18.1 Å². The van der Waals surface area contributed by atoms with E-state index in [4.69, 9.17) is 4.74 Å². The van der Waals surface area contributed by atoms with Crippen LogP contribution < -0.4 is 10.1 Å². The summed E-state index contributed by atoms with van der Waals surface area (Å²) in [5.41, 5.74) is 2.93. The van der Waals surface area contributed by atoms with E-state index in [1.165, 1.54) is 0 Å². The van der Waals surface area contributed by atoms with E-state index in [-0.39, 0.29) is 5.91 Å². The van der Waals surface area contributed by atoms with Gasteiger partial charge in [0.05, 0.1) is 19.0 Å². The first kappa shape index (κ1) is 15.0. The molecule has 3 rings (SSSR count). The number of carbonyl (C=O) groups excluding carboxylic acids is 1. The summed E-state index contributed by atoms with van der Waals surface area (Å²) in [7, 11) is 1.62. The molecular formula is C19H18N2O2. The molecule has 0 aliphatic carbocycles. The van der Waals surface area contributed by atoms with Gasteiger partial charge in [0.2, 0.25) is 5.91 Å². The molecule has 0 fully saturated rings. The Morgan fingerprint density at radius 1 is 1.13 bits per heavy atom. The minimum Gasteiger partial charge on any atom is -0.497 e. The number of rotatable bonds is 5. The fourth-order valence-electron chi connectivity index (χ4n) is 2.53. The number of hydrogen-bond donors (Lipinski definition) is 1. The summed E-state index contributed by atoms with van der Waals surface area (Å²) < 4.78 is 5.18. The van der Waals surface area contributed by atoms with E-state index in [2.05, 4.69) is 10.3 Å². The quantitative estimate of drug-likeness (QED) is 0.788. The Hall–Kier alpha value is -2.88. The van der Waals surface area contributed by atoms with Crippen molar-refractivity contribution in [3.63, 3.8) is 0 Å². The third-order valence-corrected chi connectivity index (χ3v) is 3.71. The summed E-state index contributed by atoms with van der Waals surface area (Å²) in [6.45, 7) is 0.492. The Morgan fingerprint density at radius 3 is 2.87 bits per heavy atom. The molecule has 0 unspecified atom stereocenters. The molecule has 4 nitrogen and oxygen atoms in total. The van der Waals surface area contributed by atoms with E-state index in [0.717, 1.165) is 27.8 Å². The van der Waals surface area contributed by atoms with Crippen molar-refractivity contribution in [1.82, 2.24) is 10.3 Å². The van der Waals surface area contributed by atoms with Crippen molar-refractivity contribution in [2.24, 2.45) is 0 Å². The maximum absolute atomic E-state index is 12.2. The van der Waals surface area contributed by atoms with Gasteiger partial charge in [-0.3, -0.25) is 9.78 Å². The van der Waals surface area contributed by atoms with Crippen molar-refractivity contribution in [2.45, 2.75) is 13.0 Å². The van der Waals surface area contributed by atoms with Crippen molar-refractivity contribution in [2.75, 3.05) is 7.11 Å². The SMILES string of the molecule is COc1cccc(CC(=O)NCc2ccnc3ccccc23)c1. The summed E-state index contributed by atoms with van der Waals surface area (Å²) in [6.07, 6.45) is 2.10. The van der Waals surface area contributed by atoms with E-state index < -0.39 is 0 Å². The minimum atomic E-state index is -0.0147. The smallest absolute Gasteiger partial charge is 0.224 e. The van der Waals surface area contributed by atoms with Crippen molar-refractivity contribution < 1.29 is 9.53 Å². The van der Waals surface area contributed by atoms with E-state index in [9.17, 15) is 4.79 Å². The summed E-state index contributed by atoms with van der Waals surface area (Å²) in [5.74, 6) is 0.745. The highest BCUT2D eigenvalue weighted by Gasteiger charge is 2.06. The number of nitrogens with zero attached hydrogens (tertiary/aromatic N) is 1. The fourth-order valence-corrected chi connectivity index (χ4v) is 2.53. The number of hydrogen-bond acceptors (Lipinski definition) is 3. The molecule has 1 amide bonds. The lowest BCUT2D eigenvalue weighted by Crippen LogP contribution is -2.24. The molecule has 3 aromatic rings. The maximum Gasteiger partial charge on any atom is 0.224 e. The van der Waals surface area contributed by atoms with Crippen LogP contribution in [0.3, 0.4) is 0 Å². The summed E-state index contributed by atoms with van der Waals surface area (Å²) in [6, 6.07) is 17.4. The molecule has 0 aliphatic heterocycles. The van der Waals surface area contributed by atoms with Crippen LogP contribution in [-0.2, 0) is 17.8 Å². The number of amides is 1.